The zero-order chi connectivity index (χ0) is 18.0. The van der Waals surface area contributed by atoms with Crippen molar-refractivity contribution in [2.45, 2.75) is 13.0 Å². The molecule has 0 radical (unpaired) electrons. The molecule has 0 aliphatic rings. The van der Waals surface area contributed by atoms with Crippen molar-refractivity contribution >= 4 is 28.2 Å². The van der Waals surface area contributed by atoms with Gasteiger partial charge in [-0.1, -0.05) is 11.6 Å². The summed E-state index contributed by atoms with van der Waals surface area (Å²) in [6.45, 7) is 1.86. The lowest BCUT2D eigenvalue weighted by Crippen LogP contribution is -2.19. The second-order valence-electron chi connectivity index (χ2n) is 5.52. The lowest BCUT2D eigenvalue weighted by Gasteiger charge is -2.17. The van der Waals surface area contributed by atoms with Gasteiger partial charge < -0.3 is 15.0 Å². The maximum absolute atomic E-state index is 12.4. The highest BCUT2D eigenvalue weighted by Crippen LogP contribution is 2.27. The lowest BCUT2D eigenvalue weighted by atomic mass is 10.1. The van der Waals surface area contributed by atoms with Crippen LogP contribution in [0.4, 0.5) is 5.69 Å². The molecule has 0 saturated carbocycles. The number of aromatic nitrogens is 2. The van der Waals surface area contributed by atoms with Crippen molar-refractivity contribution in [3.8, 4) is 11.9 Å². The number of methoxy groups -OCH3 is 1. The summed E-state index contributed by atoms with van der Waals surface area (Å²) in [7, 11) is 1.48. The Hall–Kier alpha value is -3.04. The number of hydrogen-bond donors (Lipinski definition) is 2. The monoisotopic (exact) mass is 354 g/mol. The largest absolute Gasteiger partial charge is 0.479 e. The summed E-state index contributed by atoms with van der Waals surface area (Å²) >= 11 is 6.03. The normalized spacial score (nSPS) is 11.8. The molecule has 0 saturated heterocycles. The van der Waals surface area contributed by atoms with Gasteiger partial charge in [0.2, 0.25) is 5.88 Å². The quantitative estimate of drug-likeness (QED) is 0.746. The van der Waals surface area contributed by atoms with Gasteiger partial charge in [0.05, 0.1) is 18.8 Å². The minimum atomic E-state index is -0.309. The van der Waals surface area contributed by atoms with Gasteiger partial charge in [0.1, 0.15) is 11.8 Å². The Labute approximate surface area is 149 Å². The van der Waals surface area contributed by atoms with E-state index in [0.717, 1.165) is 10.9 Å². The van der Waals surface area contributed by atoms with Crippen molar-refractivity contribution in [3.63, 3.8) is 0 Å². The predicted molar refractivity (Wildman–Crippen MR) is 97.1 cm³/mol. The highest BCUT2D eigenvalue weighted by atomic mass is 35.5. The first kappa shape index (κ1) is 16.8. The Morgan fingerprint density at radius 2 is 2.12 bits per heavy atom. The molecule has 0 aliphatic heterocycles. The van der Waals surface area contributed by atoms with Crippen molar-refractivity contribution in [1.29, 1.82) is 5.26 Å². The third-order valence-corrected chi connectivity index (χ3v) is 4.08. The second kappa shape index (κ2) is 6.83. The van der Waals surface area contributed by atoms with Crippen LogP contribution in [-0.2, 0) is 0 Å². The fraction of sp³-hybridized carbons (Fsp3) is 0.167. The zero-order valence-corrected chi connectivity index (χ0v) is 14.4. The number of ether oxygens (including phenoxy) is 1. The van der Waals surface area contributed by atoms with Crippen LogP contribution in [0.5, 0.6) is 5.88 Å². The minimum absolute atomic E-state index is 0.185. The predicted octanol–water partition coefficient (Wildman–Crippen LogP) is 3.63. The van der Waals surface area contributed by atoms with E-state index in [9.17, 15) is 4.79 Å². The molecule has 3 rings (SSSR count). The Morgan fingerprint density at radius 1 is 1.32 bits per heavy atom. The molecule has 0 fully saturated rings. The van der Waals surface area contributed by atoms with Crippen molar-refractivity contribution < 1.29 is 4.74 Å². The second-order valence-corrected chi connectivity index (χ2v) is 5.95. The van der Waals surface area contributed by atoms with Crippen LogP contribution in [0.2, 0.25) is 5.02 Å². The summed E-state index contributed by atoms with van der Waals surface area (Å²) < 4.78 is 5.21. The molecule has 2 heterocycles. The van der Waals surface area contributed by atoms with E-state index in [1.54, 1.807) is 36.4 Å². The molecule has 6 nitrogen and oxygen atoms in total. The molecule has 0 amide bonds. The van der Waals surface area contributed by atoms with E-state index in [4.69, 9.17) is 21.6 Å². The molecule has 25 heavy (non-hydrogen) atoms. The van der Waals surface area contributed by atoms with Gasteiger partial charge in [0.15, 0.2) is 0 Å². The van der Waals surface area contributed by atoms with E-state index < -0.39 is 0 Å². The van der Waals surface area contributed by atoms with Crippen molar-refractivity contribution in [2.75, 3.05) is 12.4 Å². The third kappa shape index (κ3) is 3.42. The van der Waals surface area contributed by atoms with Gasteiger partial charge in [-0.3, -0.25) is 4.79 Å². The van der Waals surface area contributed by atoms with Crippen LogP contribution >= 0.6 is 11.6 Å². The van der Waals surface area contributed by atoms with Crippen molar-refractivity contribution in [3.05, 3.63) is 63.0 Å². The highest BCUT2D eigenvalue weighted by Gasteiger charge is 2.14. The van der Waals surface area contributed by atoms with Crippen LogP contribution in [0.25, 0.3) is 10.9 Å². The maximum atomic E-state index is 12.4. The fourth-order valence-electron chi connectivity index (χ4n) is 2.60. The molecule has 0 bridgehead atoms. The van der Waals surface area contributed by atoms with Crippen molar-refractivity contribution in [2.24, 2.45) is 0 Å². The van der Waals surface area contributed by atoms with E-state index in [1.807, 2.05) is 13.0 Å². The smallest absolute Gasteiger partial charge is 0.253 e. The highest BCUT2D eigenvalue weighted by molar-refractivity contribution is 6.31. The summed E-state index contributed by atoms with van der Waals surface area (Å²) in [6.07, 6.45) is 0. The number of hydrogen-bond acceptors (Lipinski definition) is 5. The first-order valence-electron chi connectivity index (χ1n) is 7.56. The van der Waals surface area contributed by atoms with E-state index in [-0.39, 0.29) is 17.3 Å². The molecule has 0 spiro atoms. The van der Waals surface area contributed by atoms with Crippen LogP contribution in [0.1, 0.15) is 24.2 Å². The number of halogens is 1. The molecule has 1 atom stereocenters. The summed E-state index contributed by atoms with van der Waals surface area (Å²) in [4.78, 5) is 19.3. The Kier molecular flexibility index (Phi) is 4.59. The Morgan fingerprint density at radius 3 is 2.84 bits per heavy atom. The number of nitrogens with one attached hydrogen (secondary N) is 2. The van der Waals surface area contributed by atoms with Crippen molar-refractivity contribution in [1.82, 2.24) is 9.97 Å². The first-order valence-corrected chi connectivity index (χ1v) is 7.94. The van der Waals surface area contributed by atoms with Crippen LogP contribution < -0.4 is 15.6 Å². The molecule has 1 aromatic carbocycles. The van der Waals surface area contributed by atoms with Gasteiger partial charge in [-0.25, -0.2) is 4.98 Å². The SMILES string of the molecule is COc1nc(C#N)ccc1NC(C)c1cc2cc(Cl)ccc2[nH]c1=O. The molecule has 2 N–H and O–H groups in total. The Bertz CT molecular complexity index is 1040. The first-order chi connectivity index (χ1) is 12.0. The summed E-state index contributed by atoms with van der Waals surface area (Å²) in [5.74, 6) is 0.297. The molecular weight excluding hydrogens is 340 g/mol. The van der Waals surface area contributed by atoms with E-state index in [0.29, 0.717) is 22.2 Å². The molecule has 1 unspecified atom stereocenters. The van der Waals surface area contributed by atoms with Crippen LogP contribution in [-0.4, -0.2) is 17.1 Å². The molecule has 2 aromatic heterocycles. The Balaban J connectivity index is 1.97. The number of rotatable bonds is 4. The summed E-state index contributed by atoms with van der Waals surface area (Å²) in [5.41, 5.74) is 1.95. The van der Waals surface area contributed by atoms with Crippen LogP contribution in [0.15, 0.2) is 41.2 Å². The average molecular weight is 355 g/mol. The van der Waals surface area contributed by atoms with Gasteiger partial charge in [-0.05, 0) is 43.3 Å². The van der Waals surface area contributed by atoms with E-state index >= 15 is 0 Å². The maximum Gasteiger partial charge on any atom is 0.253 e. The summed E-state index contributed by atoms with van der Waals surface area (Å²) in [5, 5.41) is 13.6. The standard InChI is InChI=1S/C18H15ClN4O2/c1-10(21-16-6-4-13(9-20)22-18(16)25-2)14-8-11-7-12(19)3-5-15(11)23-17(14)24/h3-8,10,21H,1-2H3,(H,23,24). The average Bonchev–Trinajstić information content (AvgIpc) is 2.61. The van der Waals surface area contributed by atoms with Crippen LogP contribution in [0, 0.1) is 11.3 Å². The molecular formula is C18H15ClN4O2. The number of H-pyrrole nitrogens is 1. The zero-order valence-electron chi connectivity index (χ0n) is 13.6. The number of nitrogens with zero attached hydrogens (tertiary/aromatic N) is 2. The van der Waals surface area contributed by atoms with E-state index in [2.05, 4.69) is 15.3 Å². The minimum Gasteiger partial charge on any atom is -0.479 e. The van der Waals surface area contributed by atoms with E-state index in [1.165, 1.54) is 7.11 Å². The number of pyridine rings is 2. The fourth-order valence-corrected chi connectivity index (χ4v) is 2.78. The molecule has 7 heteroatoms. The molecule has 0 aliphatic carbocycles. The number of aromatic amines is 1. The number of benzene rings is 1. The van der Waals surface area contributed by atoms with Crippen LogP contribution in [0.3, 0.4) is 0 Å². The topological polar surface area (TPSA) is 90.8 Å². The van der Waals surface area contributed by atoms with Gasteiger partial charge in [-0.15, -0.1) is 0 Å². The number of nitriles is 1. The number of anilines is 1. The van der Waals surface area contributed by atoms with Gasteiger partial charge in [0, 0.05) is 21.5 Å². The summed E-state index contributed by atoms with van der Waals surface area (Å²) in [6, 6.07) is 12.0. The van der Waals surface area contributed by atoms with Gasteiger partial charge in [0.25, 0.3) is 5.56 Å². The molecule has 126 valence electrons. The third-order valence-electron chi connectivity index (χ3n) is 3.84. The van der Waals surface area contributed by atoms with Gasteiger partial charge in [-0.2, -0.15) is 5.26 Å². The van der Waals surface area contributed by atoms with Gasteiger partial charge >= 0.3 is 0 Å². The lowest BCUT2D eigenvalue weighted by molar-refractivity contribution is 0.399. The molecule has 3 aromatic rings. The number of fused-ring (bicyclic) bond motifs is 1.